The summed E-state index contributed by atoms with van der Waals surface area (Å²) in [4.78, 5) is 17.0. The number of carbonyl (C=O) groups excluding carboxylic acids is 1. The lowest BCUT2D eigenvalue weighted by molar-refractivity contribution is 0.0989. The summed E-state index contributed by atoms with van der Waals surface area (Å²) in [5.41, 5.74) is 4.09. The van der Waals surface area contributed by atoms with Gasteiger partial charge in [-0.05, 0) is 48.4 Å². The highest BCUT2D eigenvalue weighted by molar-refractivity contribution is 6.31. The lowest BCUT2D eigenvalue weighted by Crippen LogP contribution is -2.36. The Morgan fingerprint density at radius 2 is 1.88 bits per heavy atom. The van der Waals surface area contributed by atoms with Crippen molar-refractivity contribution in [3.63, 3.8) is 0 Å². The van der Waals surface area contributed by atoms with Crippen LogP contribution in [0.2, 0.25) is 5.02 Å². The standard InChI is InChI=1S/C19H19ClN2O2/c20-16-3-1-2-15(12-16)19(23)22-7-6-14-13-17(4-5-18(14)22)21-8-10-24-11-9-21/h1-5,12-13H,6-11H2. The van der Waals surface area contributed by atoms with E-state index < -0.39 is 0 Å². The highest BCUT2D eigenvalue weighted by Gasteiger charge is 2.26. The first kappa shape index (κ1) is 15.5. The third-order valence-electron chi connectivity index (χ3n) is 4.65. The molecule has 1 saturated heterocycles. The molecule has 4 rings (SSSR count). The lowest BCUT2D eigenvalue weighted by atomic mass is 10.1. The van der Waals surface area contributed by atoms with Crippen LogP contribution in [-0.2, 0) is 11.2 Å². The van der Waals surface area contributed by atoms with Gasteiger partial charge >= 0.3 is 0 Å². The minimum atomic E-state index is 0.00960. The van der Waals surface area contributed by atoms with E-state index >= 15 is 0 Å². The third kappa shape index (κ3) is 2.87. The number of amides is 1. The van der Waals surface area contributed by atoms with Crippen LogP contribution in [0.1, 0.15) is 15.9 Å². The Kier molecular flexibility index (Phi) is 4.17. The highest BCUT2D eigenvalue weighted by atomic mass is 35.5. The summed E-state index contributed by atoms with van der Waals surface area (Å²) in [5, 5.41) is 0.586. The molecule has 2 aromatic rings. The first-order valence-electron chi connectivity index (χ1n) is 8.25. The molecule has 0 spiro atoms. The monoisotopic (exact) mass is 342 g/mol. The van der Waals surface area contributed by atoms with Gasteiger partial charge in [0.15, 0.2) is 0 Å². The molecule has 0 saturated carbocycles. The molecule has 2 aromatic carbocycles. The van der Waals surface area contributed by atoms with Crippen LogP contribution in [0.25, 0.3) is 0 Å². The van der Waals surface area contributed by atoms with Gasteiger partial charge in [-0.3, -0.25) is 4.79 Å². The van der Waals surface area contributed by atoms with Crippen LogP contribution in [-0.4, -0.2) is 38.8 Å². The number of anilines is 2. The number of benzene rings is 2. The first-order valence-corrected chi connectivity index (χ1v) is 8.63. The quantitative estimate of drug-likeness (QED) is 0.838. The van der Waals surface area contributed by atoms with Crippen molar-refractivity contribution < 1.29 is 9.53 Å². The zero-order valence-electron chi connectivity index (χ0n) is 13.4. The molecular formula is C19H19ClN2O2. The number of morpholine rings is 1. The predicted octanol–water partition coefficient (Wildman–Crippen LogP) is 3.38. The molecule has 0 unspecified atom stereocenters. The van der Waals surface area contributed by atoms with E-state index in [0.717, 1.165) is 38.4 Å². The highest BCUT2D eigenvalue weighted by Crippen LogP contribution is 2.33. The van der Waals surface area contributed by atoms with Crippen molar-refractivity contribution >= 4 is 28.9 Å². The molecule has 24 heavy (non-hydrogen) atoms. The van der Waals surface area contributed by atoms with Crippen LogP contribution in [0.15, 0.2) is 42.5 Å². The van der Waals surface area contributed by atoms with Crippen molar-refractivity contribution in [1.29, 1.82) is 0 Å². The van der Waals surface area contributed by atoms with E-state index in [1.54, 1.807) is 12.1 Å². The number of hydrogen-bond donors (Lipinski definition) is 0. The third-order valence-corrected chi connectivity index (χ3v) is 4.89. The molecule has 4 nitrogen and oxygen atoms in total. The fourth-order valence-corrected chi connectivity index (χ4v) is 3.59. The molecule has 0 radical (unpaired) electrons. The van der Waals surface area contributed by atoms with Crippen molar-refractivity contribution in [3.8, 4) is 0 Å². The van der Waals surface area contributed by atoms with Crippen molar-refractivity contribution in [1.82, 2.24) is 0 Å². The van der Waals surface area contributed by atoms with Crippen molar-refractivity contribution in [2.75, 3.05) is 42.6 Å². The van der Waals surface area contributed by atoms with Gasteiger partial charge in [-0.1, -0.05) is 17.7 Å². The summed E-state index contributed by atoms with van der Waals surface area (Å²) in [5.74, 6) is 0.00960. The van der Waals surface area contributed by atoms with Gasteiger partial charge in [0.05, 0.1) is 13.2 Å². The van der Waals surface area contributed by atoms with Gasteiger partial charge in [-0.15, -0.1) is 0 Å². The van der Waals surface area contributed by atoms with E-state index in [0.29, 0.717) is 17.1 Å². The molecule has 1 fully saturated rings. The summed E-state index contributed by atoms with van der Waals surface area (Å²) >= 11 is 6.02. The fourth-order valence-electron chi connectivity index (χ4n) is 3.39. The summed E-state index contributed by atoms with van der Waals surface area (Å²) in [6.45, 7) is 4.11. The van der Waals surface area contributed by atoms with E-state index in [-0.39, 0.29) is 5.91 Å². The van der Waals surface area contributed by atoms with Gasteiger partial charge in [-0.25, -0.2) is 0 Å². The molecule has 0 aromatic heterocycles. The Bertz CT molecular complexity index is 772. The average molecular weight is 343 g/mol. The van der Waals surface area contributed by atoms with Crippen molar-refractivity contribution in [2.24, 2.45) is 0 Å². The number of ether oxygens (including phenoxy) is 1. The predicted molar refractivity (Wildman–Crippen MR) is 96.3 cm³/mol. The second kappa shape index (κ2) is 6.46. The van der Waals surface area contributed by atoms with Gasteiger partial charge in [0.25, 0.3) is 5.91 Å². The Labute approximate surface area is 146 Å². The summed E-state index contributed by atoms with van der Waals surface area (Å²) in [7, 11) is 0. The van der Waals surface area contributed by atoms with Crippen LogP contribution in [0.4, 0.5) is 11.4 Å². The maximum absolute atomic E-state index is 12.8. The van der Waals surface area contributed by atoms with Crippen LogP contribution in [0.3, 0.4) is 0 Å². The second-order valence-electron chi connectivity index (χ2n) is 6.13. The Hall–Kier alpha value is -2.04. The number of halogens is 1. The van der Waals surface area contributed by atoms with E-state index in [4.69, 9.17) is 16.3 Å². The van der Waals surface area contributed by atoms with Crippen LogP contribution < -0.4 is 9.80 Å². The number of fused-ring (bicyclic) bond motifs is 1. The van der Waals surface area contributed by atoms with Crippen LogP contribution >= 0.6 is 11.6 Å². The number of carbonyl (C=O) groups is 1. The molecule has 124 valence electrons. The van der Waals surface area contributed by atoms with E-state index in [2.05, 4.69) is 23.1 Å². The molecule has 2 aliphatic rings. The minimum absolute atomic E-state index is 0.00960. The lowest BCUT2D eigenvalue weighted by Gasteiger charge is -2.29. The van der Waals surface area contributed by atoms with Gasteiger partial charge in [0, 0.05) is 41.6 Å². The van der Waals surface area contributed by atoms with E-state index in [1.807, 2.05) is 17.0 Å². The molecule has 0 N–H and O–H groups in total. The molecule has 0 aliphatic carbocycles. The first-order chi connectivity index (χ1) is 11.7. The van der Waals surface area contributed by atoms with Gasteiger partial charge < -0.3 is 14.5 Å². The molecule has 0 atom stereocenters. The minimum Gasteiger partial charge on any atom is -0.378 e. The summed E-state index contributed by atoms with van der Waals surface area (Å²) in [6.07, 6.45) is 0.889. The number of rotatable bonds is 2. The van der Waals surface area contributed by atoms with Crippen LogP contribution in [0.5, 0.6) is 0 Å². The zero-order chi connectivity index (χ0) is 16.5. The molecule has 0 bridgehead atoms. The second-order valence-corrected chi connectivity index (χ2v) is 6.57. The largest absolute Gasteiger partial charge is 0.378 e. The molecule has 2 aliphatic heterocycles. The van der Waals surface area contributed by atoms with Crippen molar-refractivity contribution in [3.05, 3.63) is 58.6 Å². The fraction of sp³-hybridized carbons (Fsp3) is 0.316. The maximum atomic E-state index is 12.8. The number of hydrogen-bond acceptors (Lipinski definition) is 3. The topological polar surface area (TPSA) is 32.8 Å². The Morgan fingerprint density at radius 3 is 2.67 bits per heavy atom. The molecule has 1 amide bonds. The maximum Gasteiger partial charge on any atom is 0.258 e. The van der Waals surface area contributed by atoms with Gasteiger partial charge in [0.2, 0.25) is 0 Å². The Balaban J connectivity index is 1.59. The molecular weight excluding hydrogens is 324 g/mol. The smallest absolute Gasteiger partial charge is 0.258 e. The number of nitrogens with zero attached hydrogens (tertiary/aromatic N) is 2. The summed E-state index contributed by atoms with van der Waals surface area (Å²) in [6, 6.07) is 13.5. The Morgan fingerprint density at radius 1 is 1.04 bits per heavy atom. The van der Waals surface area contributed by atoms with Crippen LogP contribution in [0, 0.1) is 0 Å². The molecule has 5 heteroatoms. The van der Waals surface area contributed by atoms with Crippen molar-refractivity contribution in [2.45, 2.75) is 6.42 Å². The van der Waals surface area contributed by atoms with Gasteiger partial charge in [-0.2, -0.15) is 0 Å². The summed E-state index contributed by atoms with van der Waals surface area (Å²) < 4.78 is 5.42. The SMILES string of the molecule is O=C(c1cccc(Cl)c1)N1CCc2cc(N3CCOCC3)ccc21. The van der Waals surface area contributed by atoms with Gasteiger partial charge in [0.1, 0.15) is 0 Å². The van der Waals surface area contributed by atoms with E-state index in [1.165, 1.54) is 11.3 Å². The molecule has 2 heterocycles. The zero-order valence-corrected chi connectivity index (χ0v) is 14.1. The van der Waals surface area contributed by atoms with E-state index in [9.17, 15) is 4.79 Å². The average Bonchev–Trinajstić information content (AvgIpc) is 3.05. The normalized spacial score (nSPS) is 17.0.